The maximum absolute atomic E-state index is 11.6. The summed E-state index contributed by atoms with van der Waals surface area (Å²) in [5.41, 5.74) is 0. The van der Waals surface area contributed by atoms with E-state index in [4.69, 9.17) is 5.11 Å². The summed E-state index contributed by atoms with van der Waals surface area (Å²) in [6, 6.07) is -0.0471. The highest BCUT2D eigenvalue weighted by atomic mass is 16.4. The summed E-state index contributed by atoms with van der Waals surface area (Å²) in [6.07, 6.45) is 2.14. The van der Waals surface area contributed by atoms with Gasteiger partial charge in [-0.25, -0.2) is 4.79 Å². The van der Waals surface area contributed by atoms with Crippen molar-refractivity contribution in [2.45, 2.75) is 39.7 Å². The number of amides is 2. The van der Waals surface area contributed by atoms with Crippen LogP contribution in [0.5, 0.6) is 0 Å². The van der Waals surface area contributed by atoms with E-state index in [9.17, 15) is 9.59 Å². The van der Waals surface area contributed by atoms with Gasteiger partial charge >= 0.3 is 12.0 Å². The van der Waals surface area contributed by atoms with E-state index in [1.165, 1.54) is 0 Å². The smallest absolute Gasteiger partial charge is 0.315 e. The van der Waals surface area contributed by atoms with Crippen molar-refractivity contribution in [1.82, 2.24) is 10.6 Å². The first kappa shape index (κ1) is 13.8. The van der Waals surface area contributed by atoms with Crippen LogP contribution in [-0.2, 0) is 4.79 Å². The minimum absolute atomic E-state index is 0.165. The van der Waals surface area contributed by atoms with Gasteiger partial charge in [-0.1, -0.05) is 20.8 Å². The molecule has 0 bridgehead atoms. The van der Waals surface area contributed by atoms with E-state index in [0.29, 0.717) is 11.8 Å². The van der Waals surface area contributed by atoms with Crippen LogP contribution >= 0.6 is 0 Å². The predicted octanol–water partition coefficient (Wildman–Crippen LogP) is 1.44. The Labute approximate surface area is 102 Å². The first-order valence-corrected chi connectivity index (χ1v) is 6.19. The van der Waals surface area contributed by atoms with Crippen molar-refractivity contribution in [3.8, 4) is 0 Å². The summed E-state index contributed by atoms with van der Waals surface area (Å²) in [7, 11) is 0. The molecule has 1 fully saturated rings. The number of urea groups is 1. The number of carbonyl (C=O) groups is 2. The molecule has 0 heterocycles. The summed E-state index contributed by atoms with van der Waals surface area (Å²) >= 11 is 0. The monoisotopic (exact) mass is 242 g/mol. The first-order chi connectivity index (χ1) is 7.91. The van der Waals surface area contributed by atoms with Gasteiger partial charge in [0.05, 0.1) is 5.92 Å². The number of carbonyl (C=O) groups excluding carboxylic acids is 1. The highest BCUT2D eigenvalue weighted by Gasteiger charge is 2.30. The topological polar surface area (TPSA) is 78.4 Å². The van der Waals surface area contributed by atoms with Crippen LogP contribution in [0.15, 0.2) is 0 Å². The number of carboxylic acid groups (broad SMARTS) is 1. The lowest BCUT2D eigenvalue weighted by molar-refractivity contribution is -0.140. The van der Waals surface area contributed by atoms with E-state index in [0.717, 1.165) is 12.8 Å². The van der Waals surface area contributed by atoms with Gasteiger partial charge in [0, 0.05) is 12.6 Å². The van der Waals surface area contributed by atoms with Crippen LogP contribution in [0.1, 0.15) is 33.6 Å². The second-order valence-electron chi connectivity index (χ2n) is 5.11. The Bertz CT molecular complexity index is 293. The standard InChI is InChI=1S/C12H22N2O3/c1-7-4-5-10(9(7)3)14-12(17)13-6-8(2)11(15)16/h7-10H,4-6H2,1-3H3,(H,15,16)(H2,13,14,17). The first-order valence-electron chi connectivity index (χ1n) is 6.19. The van der Waals surface area contributed by atoms with E-state index in [2.05, 4.69) is 24.5 Å². The highest BCUT2D eigenvalue weighted by Crippen LogP contribution is 2.30. The van der Waals surface area contributed by atoms with Crippen molar-refractivity contribution in [2.75, 3.05) is 6.54 Å². The number of hydrogen-bond acceptors (Lipinski definition) is 2. The maximum atomic E-state index is 11.6. The third-order valence-corrected chi connectivity index (χ3v) is 3.77. The molecule has 1 aliphatic carbocycles. The summed E-state index contributed by atoms with van der Waals surface area (Å²) in [6.45, 7) is 6.07. The highest BCUT2D eigenvalue weighted by molar-refractivity contribution is 5.76. The summed E-state index contributed by atoms with van der Waals surface area (Å²) in [4.78, 5) is 22.1. The van der Waals surface area contributed by atoms with Crippen molar-refractivity contribution < 1.29 is 14.7 Å². The fourth-order valence-electron chi connectivity index (χ4n) is 2.12. The number of carboxylic acids is 1. The molecular formula is C12H22N2O3. The molecule has 1 saturated carbocycles. The zero-order valence-electron chi connectivity index (χ0n) is 10.7. The van der Waals surface area contributed by atoms with Crippen LogP contribution in [-0.4, -0.2) is 29.7 Å². The predicted molar refractivity (Wildman–Crippen MR) is 64.7 cm³/mol. The molecule has 0 aromatic carbocycles. The second kappa shape index (κ2) is 5.89. The Morgan fingerprint density at radius 2 is 2.00 bits per heavy atom. The van der Waals surface area contributed by atoms with Gasteiger partial charge in [0.1, 0.15) is 0 Å². The second-order valence-corrected chi connectivity index (χ2v) is 5.11. The molecule has 17 heavy (non-hydrogen) atoms. The van der Waals surface area contributed by atoms with Crippen LogP contribution in [0.3, 0.4) is 0 Å². The maximum Gasteiger partial charge on any atom is 0.315 e. The molecule has 98 valence electrons. The Morgan fingerprint density at radius 3 is 2.47 bits per heavy atom. The Morgan fingerprint density at radius 1 is 1.35 bits per heavy atom. The Kier molecular flexibility index (Phi) is 4.78. The van der Waals surface area contributed by atoms with Crippen molar-refractivity contribution in [3.05, 3.63) is 0 Å². The van der Waals surface area contributed by atoms with Gasteiger partial charge in [-0.15, -0.1) is 0 Å². The molecule has 2 amide bonds. The molecule has 4 unspecified atom stereocenters. The van der Waals surface area contributed by atoms with Crippen molar-refractivity contribution in [1.29, 1.82) is 0 Å². The molecule has 4 atom stereocenters. The van der Waals surface area contributed by atoms with Crippen LogP contribution in [0.2, 0.25) is 0 Å². The number of nitrogens with one attached hydrogen (secondary N) is 2. The lowest BCUT2D eigenvalue weighted by atomic mass is 9.98. The van der Waals surface area contributed by atoms with Crippen molar-refractivity contribution in [3.63, 3.8) is 0 Å². The largest absolute Gasteiger partial charge is 0.481 e. The summed E-state index contributed by atoms with van der Waals surface area (Å²) in [5, 5.41) is 14.2. The third kappa shape index (κ3) is 3.91. The normalized spacial score (nSPS) is 29.7. The van der Waals surface area contributed by atoms with E-state index in [-0.39, 0.29) is 18.6 Å². The van der Waals surface area contributed by atoms with Crippen LogP contribution in [0, 0.1) is 17.8 Å². The summed E-state index contributed by atoms with van der Waals surface area (Å²) in [5.74, 6) is -0.329. The average Bonchev–Trinajstić information content (AvgIpc) is 2.57. The fourth-order valence-corrected chi connectivity index (χ4v) is 2.12. The van der Waals surface area contributed by atoms with Gasteiger partial charge in [-0.05, 0) is 24.7 Å². The van der Waals surface area contributed by atoms with Crippen molar-refractivity contribution in [2.24, 2.45) is 17.8 Å². The Balaban J connectivity index is 2.28. The van der Waals surface area contributed by atoms with E-state index < -0.39 is 11.9 Å². The van der Waals surface area contributed by atoms with E-state index in [1.54, 1.807) is 6.92 Å². The van der Waals surface area contributed by atoms with E-state index >= 15 is 0 Å². The van der Waals surface area contributed by atoms with Crippen molar-refractivity contribution >= 4 is 12.0 Å². The molecule has 0 spiro atoms. The molecule has 3 N–H and O–H groups in total. The molecule has 1 aliphatic rings. The minimum atomic E-state index is -0.895. The molecular weight excluding hydrogens is 220 g/mol. The molecule has 0 aromatic heterocycles. The lowest BCUT2D eigenvalue weighted by Gasteiger charge is -2.20. The van der Waals surface area contributed by atoms with Gasteiger partial charge in [0.25, 0.3) is 0 Å². The SMILES string of the molecule is CC(CNC(=O)NC1CCC(C)C1C)C(=O)O. The molecule has 1 rings (SSSR count). The number of hydrogen-bond donors (Lipinski definition) is 3. The third-order valence-electron chi connectivity index (χ3n) is 3.77. The average molecular weight is 242 g/mol. The van der Waals surface area contributed by atoms with E-state index in [1.807, 2.05) is 0 Å². The van der Waals surface area contributed by atoms with Gasteiger partial charge < -0.3 is 15.7 Å². The van der Waals surface area contributed by atoms with Gasteiger partial charge in [0.15, 0.2) is 0 Å². The quantitative estimate of drug-likeness (QED) is 0.698. The summed E-state index contributed by atoms with van der Waals surface area (Å²) < 4.78 is 0. The number of rotatable bonds is 4. The molecule has 0 aliphatic heterocycles. The van der Waals surface area contributed by atoms with Crippen LogP contribution in [0.25, 0.3) is 0 Å². The van der Waals surface area contributed by atoms with Gasteiger partial charge in [-0.2, -0.15) is 0 Å². The zero-order chi connectivity index (χ0) is 13.0. The lowest BCUT2D eigenvalue weighted by Crippen LogP contribution is -2.45. The molecule has 0 aromatic rings. The van der Waals surface area contributed by atoms with Crippen LogP contribution < -0.4 is 10.6 Å². The van der Waals surface area contributed by atoms with Crippen LogP contribution in [0.4, 0.5) is 4.79 Å². The molecule has 0 saturated heterocycles. The molecule has 5 nitrogen and oxygen atoms in total. The molecule has 0 radical (unpaired) electrons. The minimum Gasteiger partial charge on any atom is -0.481 e. The van der Waals surface area contributed by atoms with Gasteiger partial charge in [-0.3, -0.25) is 4.79 Å². The number of aliphatic carboxylic acids is 1. The Hall–Kier alpha value is -1.26. The zero-order valence-corrected chi connectivity index (χ0v) is 10.7. The molecule has 5 heteroatoms. The van der Waals surface area contributed by atoms with Gasteiger partial charge in [0.2, 0.25) is 0 Å². The fraction of sp³-hybridized carbons (Fsp3) is 0.833.